The van der Waals surface area contributed by atoms with Crippen LogP contribution in [0, 0.1) is 0 Å². The first kappa shape index (κ1) is 18.0. The molecular formula is C10H15O4PS3. The quantitative estimate of drug-likeness (QED) is 0.586. The van der Waals surface area contributed by atoms with Gasteiger partial charge >= 0.3 is 5.97 Å². The first-order valence-electron chi connectivity index (χ1n) is 4.74. The van der Waals surface area contributed by atoms with E-state index in [-0.39, 0.29) is 0 Å². The largest absolute Gasteiger partial charge is 0.480 e. The van der Waals surface area contributed by atoms with Gasteiger partial charge in [-0.25, -0.2) is 0 Å². The lowest BCUT2D eigenvalue weighted by molar-refractivity contribution is -0.136. The number of carboxylic acids is 1. The zero-order valence-corrected chi connectivity index (χ0v) is 13.4. The Morgan fingerprint density at radius 2 is 1.78 bits per heavy atom. The molecule has 0 heterocycles. The van der Waals surface area contributed by atoms with E-state index in [0.29, 0.717) is 5.56 Å². The predicted molar refractivity (Wildman–Crippen MR) is 83.1 cm³/mol. The molecule has 1 aromatic rings. The van der Waals surface area contributed by atoms with E-state index >= 15 is 0 Å². The Balaban J connectivity index is 0.000000360. The second-order valence-electron chi connectivity index (χ2n) is 2.99. The van der Waals surface area contributed by atoms with Gasteiger partial charge in [-0.1, -0.05) is 42.6 Å². The summed E-state index contributed by atoms with van der Waals surface area (Å²) in [6.45, 7) is 0. The van der Waals surface area contributed by atoms with Gasteiger partial charge < -0.3 is 14.2 Å². The number of aliphatic carboxylic acids is 1. The smallest absolute Gasteiger partial charge is 0.320 e. The lowest BCUT2D eigenvalue weighted by Gasteiger charge is -2.07. The van der Waals surface area contributed by atoms with Gasteiger partial charge in [0.05, 0.1) is 0 Å². The second-order valence-corrected chi connectivity index (χ2v) is 9.00. The fraction of sp³-hybridized carbons (Fsp3) is 0.300. The van der Waals surface area contributed by atoms with Gasteiger partial charge in [-0.05, 0) is 17.4 Å². The molecule has 0 aliphatic carbocycles. The van der Waals surface area contributed by atoms with E-state index in [9.17, 15) is 4.79 Å². The van der Waals surface area contributed by atoms with Gasteiger partial charge in [0.15, 0.2) is 0 Å². The van der Waals surface area contributed by atoms with Crippen molar-refractivity contribution < 1.29 is 18.9 Å². The molecule has 0 saturated carbocycles. The molecule has 1 N–H and O–H groups in total. The molecule has 0 saturated heterocycles. The first-order chi connectivity index (χ1) is 8.34. The zero-order valence-electron chi connectivity index (χ0n) is 9.89. The summed E-state index contributed by atoms with van der Waals surface area (Å²) in [7, 11) is 2.97. The summed E-state index contributed by atoms with van der Waals surface area (Å²) in [5.74, 6) is -0.917. The number of rotatable bonds is 4. The van der Waals surface area contributed by atoms with Crippen LogP contribution in [-0.4, -0.2) is 25.3 Å². The van der Waals surface area contributed by atoms with E-state index in [1.54, 1.807) is 24.3 Å². The third-order valence-electron chi connectivity index (χ3n) is 1.81. The van der Waals surface area contributed by atoms with Crippen molar-refractivity contribution >= 4 is 48.3 Å². The molecule has 0 bridgehead atoms. The van der Waals surface area contributed by atoms with Crippen molar-refractivity contribution in [3.63, 3.8) is 0 Å². The van der Waals surface area contributed by atoms with Crippen molar-refractivity contribution in [3.05, 3.63) is 35.9 Å². The summed E-state index contributed by atoms with van der Waals surface area (Å²) in [5.41, 5.74) is -1.42. The van der Waals surface area contributed by atoms with Crippen LogP contribution in [0.2, 0.25) is 0 Å². The fourth-order valence-electron chi connectivity index (χ4n) is 0.852. The van der Waals surface area contributed by atoms with Crippen LogP contribution in [0.4, 0.5) is 0 Å². The zero-order chi connectivity index (χ0) is 14.2. The lowest BCUT2D eigenvalue weighted by Crippen LogP contribution is -2.04. The van der Waals surface area contributed by atoms with Gasteiger partial charge in [0.25, 0.3) is 0 Å². The number of hydrogen-bond donors (Lipinski definition) is 3. The third kappa shape index (κ3) is 7.41. The monoisotopic (exact) mass is 326 g/mol. The highest BCUT2D eigenvalue weighted by Gasteiger charge is 2.12. The van der Waals surface area contributed by atoms with Crippen LogP contribution in [0.25, 0.3) is 0 Å². The van der Waals surface area contributed by atoms with Crippen molar-refractivity contribution in [2.24, 2.45) is 0 Å². The van der Waals surface area contributed by atoms with Crippen LogP contribution in [0.1, 0.15) is 10.8 Å². The highest BCUT2D eigenvalue weighted by atomic mass is 32.9. The van der Waals surface area contributed by atoms with E-state index < -0.39 is 16.9 Å². The number of thiol groups is 2. The summed E-state index contributed by atoms with van der Waals surface area (Å²) in [6, 6.07) is 8.91. The van der Waals surface area contributed by atoms with Crippen LogP contribution in [0.5, 0.6) is 0 Å². The molecule has 0 radical (unpaired) electrons. The van der Waals surface area contributed by atoms with Crippen LogP contribution in [-0.2, 0) is 25.6 Å². The normalized spacial score (nSPS) is 12.2. The molecule has 0 spiro atoms. The van der Waals surface area contributed by atoms with Crippen molar-refractivity contribution in [1.82, 2.24) is 0 Å². The highest BCUT2D eigenvalue weighted by Crippen LogP contribution is 2.51. The molecule has 1 atom stereocenters. The number of benzene rings is 1. The van der Waals surface area contributed by atoms with E-state index in [4.69, 9.17) is 5.11 Å². The molecule has 0 aliphatic rings. The molecular weight excluding hydrogens is 311 g/mol. The summed E-state index contributed by atoms with van der Waals surface area (Å²) >= 11 is 12.5. The van der Waals surface area contributed by atoms with E-state index in [2.05, 4.69) is 45.7 Å². The number of carboxylic acid groups (broad SMARTS) is 1. The Kier molecular flexibility index (Phi) is 8.94. The van der Waals surface area contributed by atoms with Crippen LogP contribution in [0.3, 0.4) is 0 Å². The van der Waals surface area contributed by atoms with Crippen LogP contribution >= 0.6 is 30.6 Å². The maximum atomic E-state index is 10.4. The first-order valence-corrected chi connectivity index (χ1v) is 9.05. The van der Waals surface area contributed by atoms with Crippen LogP contribution in [0.15, 0.2) is 30.3 Å². The SMILES string of the molecule is COP(=S)(S)OC.O=C(O)C(S)c1ccccc1. The molecule has 0 aromatic heterocycles. The molecule has 1 aromatic carbocycles. The molecule has 1 unspecified atom stereocenters. The molecule has 18 heavy (non-hydrogen) atoms. The standard InChI is InChI=1S/C8H8O2S.C2H7O2PS2/c9-8(10)7(11)6-4-2-1-3-5-6;1-3-5(6,7)4-2/h1-5,7,11H,(H,9,10);1-2H3,(H,6,7). The van der Waals surface area contributed by atoms with Gasteiger partial charge in [0.1, 0.15) is 5.25 Å². The second kappa shape index (κ2) is 8.96. The van der Waals surface area contributed by atoms with Crippen molar-refractivity contribution in [1.29, 1.82) is 0 Å². The van der Waals surface area contributed by atoms with Crippen molar-refractivity contribution in [2.45, 2.75) is 5.25 Å². The Morgan fingerprint density at radius 3 is 2.06 bits per heavy atom. The number of hydrogen-bond acceptors (Lipinski definition) is 5. The maximum absolute atomic E-state index is 10.4. The molecule has 0 fully saturated rings. The van der Waals surface area contributed by atoms with Gasteiger partial charge in [-0.2, -0.15) is 12.6 Å². The summed E-state index contributed by atoms with van der Waals surface area (Å²) in [6.07, 6.45) is 0. The molecule has 0 aliphatic heterocycles. The highest BCUT2D eigenvalue weighted by molar-refractivity contribution is 8.60. The number of carbonyl (C=O) groups is 1. The van der Waals surface area contributed by atoms with Crippen molar-refractivity contribution in [2.75, 3.05) is 14.2 Å². The Bertz CT molecular complexity index is 405. The predicted octanol–water partition coefficient (Wildman–Crippen LogP) is 3.18. The van der Waals surface area contributed by atoms with E-state index in [1.807, 2.05) is 6.07 Å². The average Bonchev–Trinajstić information content (AvgIpc) is 2.39. The minimum atomic E-state index is -2.13. The topological polar surface area (TPSA) is 55.8 Å². The van der Waals surface area contributed by atoms with Gasteiger partial charge in [0.2, 0.25) is 5.69 Å². The minimum absolute atomic E-state index is 0.711. The Hall–Kier alpha value is -0.0400. The van der Waals surface area contributed by atoms with Gasteiger partial charge in [-0.3, -0.25) is 4.79 Å². The Labute approximate surface area is 122 Å². The summed E-state index contributed by atoms with van der Waals surface area (Å²) in [4.78, 5) is 10.4. The summed E-state index contributed by atoms with van der Waals surface area (Å²) in [5, 5.41) is 7.85. The fourth-order valence-corrected chi connectivity index (χ4v) is 1.17. The molecule has 102 valence electrons. The van der Waals surface area contributed by atoms with Gasteiger partial charge in [-0.15, -0.1) is 0 Å². The molecule has 0 amide bonds. The lowest BCUT2D eigenvalue weighted by atomic mass is 10.1. The van der Waals surface area contributed by atoms with E-state index in [1.165, 1.54) is 14.2 Å². The third-order valence-corrected chi connectivity index (χ3v) is 5.13. The maximum Gasteiger partial charge on any atom is 0.320 e. The molecule has 8 heteroatoms. The molecule has 4 nitrogen and oxygen atoms in total. The van der Waals surface area contributed by atoms with Crippen molar-refractivity contribution in [3.8, 4) is 0 Å². The van der Waals surface area contributed by atoms with Crippen LogP contribution < -0.4 is 0 Å². The van der Waals surface area contributed by atoms with E-state index in [0.717, 1.165) is 0 Å². The van der Waals surface area contributed by atoms with Gasteiger partial charge in [0, 0.05) is 14.2 Å². The molecule has 1 rings (SSSR count). The average molecular weight is 326 g/mol. The minimum Gasteiger partial charge on any atom is -0.480 e. The summed E-state index contributed by atoms with van der Waals surface area (Å²) < 4.78 is 9.31. The Morgan fingerprint density at radius 1 is 1.33 bits per heavy atom.